The van der Waals surface area contributed by atoms with E-state index < -0.39 is 12.0 Å². The SMILES string of the molecule is C/C(=N\NC(=O)C(C)Oc1ccc(Cl)cc1Cl)c1cccc(NC(=O)c2ccco2)c1. The van der Waals surface area contributed by atoms with Crippen LogP contribution in [0.1, 0.15) is 30.0 Å². The number of nitrogens with zero attached hydrogens (tertiary/aromatic N) is 1. The van der Waals surface area contributed by atoms with Crippen LogP contribution in [-0.4, -0.2) is 23.6 Å². The first-order valence-corrected chi connectivity index (χ1v) is 10.00. The van der Waals surface area contributed by atoms with Crippen LogP contribution in [0.3, 0.4) is 0 Å². The number of carbonyl (C=O) groups is 2. The molecule has 0 fully saturated rings. The molecule has 2 amide bonds. The highest BCUT2D eigenvalue weighted by Gasteiger charge is 2.16. The Kier molecular flexibility index (Phi) is 7.33. The predicted octanol–water partition coefficient (Wildman–Crippen LogP) is 5.15. The molecule has 160 valence electrons. The lowest BCUT2D eigenvalue weighted by Gasteiger charge is -2.14. The molecule has 1 heterocycles. The van der Waals surface area contributed by atoms with Crippen molar-refractivity contribution in [2.24, 2.45) is 5.10 Å². The van der Waals surface area contributed by atoms with Gasteiger partial charge in [-0.2, -0.15) is 5.10 Å². The summed E-state index contributed by atoms with van der Waals surface area (Å²) in [4.78, 5) is 24.4. The van der Waals surface area contributed by atoms with Gasteiger partial charge in [0.15, 0.2) is 11.9 Å². The zero-order chi connectivity index (χ0) is 22.4. The number of nitrogens with one attached hydrogen (secondary N) is 2. The Bertz CT molecular complexity index is 1110. The van der Waals surface area contributed by atoms with Crippen molar-refractivity contribution in [2.45, 2.75) is 20.0 Å². The van der Waals surface area contributed by atoms with Gasteiger partial charge < -0.3 is 14.5 Å². The second-order valence-corrected chi connectivity index (χ2v) is 7.36. The van der Waals surface area contributed by atoms with Gasteiger partial charge in [-0.25, -0.2) is 5.43 Å². The Morgan fingerprint density at radius 1 is 1.10 bits per heavy atom. The highest BCUT2D eigenvalue weighted by molar-refractivity contribution is 6.35. The Morgan fingerprint density at radius 3 is 2.61 bits per heavy atom. The third-order valence-corrected chi connectivity index (χ3v) is 4.71. The van der Waals surface area contributed by atoms with E-state index in [-0.39, 0.29) is 11.7 Å². The van der Waals surface area contributed by atoms with Gasteiger partial charge in [-0.05, 0) is 61.9 Å². The summed E-state index contributed by atoms with van der Waals surface area (Å²) < 4.78 is 10.6. The summed E-state index contributed by atoms with van der Waals surface area (Å²) in [6.45, 7) is 3.31. The van der Waals surface area contributed by atoms with E-state index in [0.717, 1.165) is 0 Å². The van der Waals surface area contributed by atoms with Crippen molar-refractivity contribution in [1.82, 2.24) is 5.43 Å². The van der Waals surface area contributed by atoms with Crippen molar-refractivity contribution >= 4 is 46.4 Å². The van der Waals surface area contributed by atoms with Crippen LogP contribution in [0.2, 0.25) is 10.0 Å². The molecule has 31 heavy (non-hydrogen) atoms. The van der Waals surface area contributed by atoms with E-state index in [1.165, 1.54) is 12.3 Å². The molecule has 3 aromatic rings. The number of anilines is 1. The molecule has 7 nitrogen and oxygen atoms in total. The molecule has 0 saturated heterocycles. The number of carbonyl (C=O) groups excluding carboxylic acids is 2. The molecule has 0 spiro atoms. The van der Waals surface area contributed by atoms with Crippen LogP contribution >= 0.6 is 23.2 Å². The molecule has 2 aromatic carbocycles. The summed E-state index contributed by atoms with van der Waals surface area (Å²) in [6, 6.07) is 15.0. The molecule has 0 bridgehead atoms. The topological polar surface area (TPSA) is 92.9 Å². The number of ether oxygens (including phenoxy) is 1. The lowest BCUT2D eigenvalue weighted by molar-refractivity contribution is -0.127. The van der Waals surface area contributed by atoms with Crippen LogP contribution in [0.15, 0.2) is 70.4 Å². The molecule has 0 saturated carbocycles. The Labute approximate surface area is 189 Å². The number of hydrogen-bond donors (Lipinski definition) is 2. The standard InChI is InChI=1S/C22H19Cl2N3O4/c1-13(15-5-3-6-17(11-15)25-22(29)20-7-4-10-30-20)26-27-21(28)14(2)31-19-9-8-16(23)12-18(19)24/h3-12,14H,1-2H3,(H,25,29)(H,27,28)/b26-13+. The maximum Gasteiger partial charge on any atom is 0.291 e. The minimum Gasteiger partial charge on any atom is -0.479 e. The first-order valence-electron chi connectivity index (χ1n) is 9.24. The van der Waals surface area contributed by atoms with Crippen LogP contribution in [0.25, 0.3) is 0 Å². The fourth-order valence-electron chi connectivity index (χ4n) is 2.53. The molecule has 0 aliphatic heterocycles. The van der Waals surface area contributed by atoms with Gasteiger partial charge in [0.1, 0.15) is 5.75 Å². The van der Waals surface area contributed by atoms with Crippen molar-refractivity contribution in [1.29, 1.82) is 0 Å². The van der Waals surface area contributed by atoms with Gasteiger partial charge in [0.2, 0.25) is 0 Å². The molecule has 9 heteroatoms. The van der Waals surface area contributed by atoms with Crippen molar-refractivity contribution in [3.63, 3.8) is 0 Å². The van der Waals surface area contributed by atoms with E-state index in [4.69, 9.17) is 32.4 Å². The number of halogens is 2. The normalized spacial score (nSPS) is 12.2. The maximum absolute atomic E-state index is 12.3. The predicted molar refractivity (Wildman–Crippen MR) is 120 cm³/mol. The first-order chi connectivity index (χ1) is 14.8. The number of hydrogen-bond acceptors (Lipinski definition) is 5. The molecular formula is C22H19Cl2N3O4. The summed E-state index contributed by atoms with van der Waals surface area (Å²) in [5.41, 5.74) is 4.29. The van der Waals surface area contributed by atoms with Gasteiger partial charge in [-0.3, -0.25) is 9.59 Å². The van der Waals surface area contributed by atoms with Gasteiger partial charge in [0.05, 0.1) is 17.0 Å². The largest absolute Gasteiger partial charge is 0.479 e. The van der Waals surface area contributed by atoms with Crippen LogP contribution < -0.4 is 15.5 Å². The van der Waals surface area contributed by atoms with Gasteiger partial charge in [-0.15, -0.1) is 0 Å². The zero-order valence-corrected chi connectivity index (χ0v) is 18.2. The zero-order valence-electron chi connectivity index (χ0n) is 16.7. The van der Waals surface area contributed by atoms with Gasteiger partial charge in [-0.1, -0.05) is 35.3 Å². The minimum absolute atomic E-state index is 0.206. The average molecular weight is 460 g/mol. The molecule has 1 unspecified atom stereocenters. The number of rotatable bonds is 7. The van der Waals surface area contributed by atoms with E-state index in [0.29, 0.717) is 32.8 Å². The van der Waals surface area contributed by atoms with E-state index in [1.807, 2.05) is 0 Å². The Morgan fingerprint density at radius 2 is 1.90 bits per heavy atom. The second-order valence-electron chi connectivity index (χ2n) is 6.52. The van der Waals surface area contributed by atoms with Crippen molar-refractivity contribution < 1.29 is 18.7 Å². The minimum atomic E-state index is -0.839. The molecule has 1 atom stereocenters. The quantitative estimate of drug-likeness (QED) is 0.377. The molecule has 0 radical (unpaired) electrons. The second kappa shape index (κ2) is 10.1. The summed E-state index contributed by atoms with van der Waals surface area (Å²) in [7, 11) is 0. The summed E-state index contributed by atoms with van der Waals surface area (Å²) in [6.07, 6.45) is 0.588. The monoisotopic (exact) mass is 459 g/mol. The molecule has 0 aliphatic carbocycles. The van der Waals surface area contributed by atoms with Gasteiger partial charge >= 0.3 is 0 Å². The van der Waals surface area contributed by atoms with E-state index >= 15 is 0 Å². The highest BCUT2D eigenvalue weighted by Crippen LogP contribution is 2.28. The third kappa shape index (κ3) is 6.10. The van der Waals surface area contributed by atoms with Crippen LogP contribution in [0.5, 0.6) is 5.75 Å². The first kappa shape index (κ1) is 22.4. The van der Waals surface area contributed by atoms with Crippen molar-refractivity contribution in [3.8, 4) is 5.75 Å². The maximum atomic E-state index is 12.3. The van der Waals surface area contributed by atoms with Crippen molar-refractivity contribution in [2.75, 3.05) is 5.32 Å². The molecule has 0 aliphatic rings. The van der Waals surface area contributed by atoms with E-state index in [2.05, 4.69) is 15.8 Å². The number of hydrazone groups is 1. The lowest BCUT2D eigenvalue weighted by Crippen LogP contribution is -2.34. The lowest BCUT2D eigenvalue weighted by atomic mass is 10.1. The Balaban J connectivity index is 1.61. The summed E-state index contributed by atoms with van der Waals surface area (Å²) in [5, 5.41) is 7.63. The average Bonchev–Trinajstić information content (AvgIpc) is 3.29. The molecule has 2 N–H and O–H groups in total. The number of benzene rings is 2. The van der Waals surface area contributed by atoms with Gasteiger partial charge in [0, 0.05) is 10.7 Å². The molecular weight excluding hydrogens is 441 g/mol. The number of furan rings is 1. The number of amides is 2. The Hall–Kier alpha value is -3.29. The smallest absolute Gasteiger partial charge is 0.291 e. The molecule has 1 aromatic heterocycles. The fraction of sp³-hybridized carbons (Fsp3) is 0.136. The van der Waals surface area contributed by atoms with Gasteiger partial charge in [0.25, 0.3) is 11.8 Å². The fourth-order valence-corrected chi connectivity index (χ4v) is 2.98. The van der Waals surface area contributed by atoms with Crippen LogP contribution in [0, 0.1) is 0 Å². The van der Waals surface area contributed by atoms with Crippen LogP contribution in [-0.2, 0) is 4.79 Å². The molecule has 3 rings (SSSR count). The summed E-state index contributed by atoms with van der Waals surface area (Å²) >= 11 is 11.9. The highest BCUT2D eigenvalue weighted by atomic mass is 35.5. The summed E-state index contributed by atoms with van der Waals surface area (Å²) in [5.74, 6) is -0.267. The van der Waals surface area contributed by atoms with Crippen molar-refractivity contribution in [3.05, 3.63) is 82.2 Å². The van der Waals surface area contributed by atoms with Crippen LogP contribution in [0.4, 0.5) is 5.69 Å². The van der Waals surface area contributed by atoms with E-state index in [1.54, 1.807) is 62.4 Å². The van der Waals surface area contributed by atoms with E-state index in [9.17, 15) is 9.59 Å². The third-order valence-electron chi connectivity index (χ3n) is 4.18.